The molecule has 5 nitrogen and oxygen atoms in total. The van der Waals surface area contributed by atoms with E-state index in [2.05, 4.69) is 32.5 Å². The van der Waals surface area contributed by atoms with E-state index in [1.54, 1.807) is 19.1 Å². The number of alkyl halides is 2. The monoisotopic (exact) mass is 399 g/mol. The average Bonchev–Trinajstić information content (AvgIpc) is 3.18. The molecule has 1 aromatic carbocycles. The molecule has 2 aromatic rings. The highest BCUT2D eigenvalue weighted by Gasteiger charge is 2.47. The fraction of sp³-hybridized carbons (Fsp3) is 0.364. The van der Waals surface area contributed by atoms with Gasteiger partial charge in [0.15, 0.2) is 0 Å². The number of nitrogens with one attached hydrogen (secondary N) is 2. The van der Waals surface area contributed by atoms with Crippen molar-refractivity contribution in [1.82, 2.24) is 10.3 Å². The van der Waals surface area contributed by atoms with Crippen molar-refractivity contribution >= 4 is 17.2 Å². The van der Waals surface area contributed by atoms with E-state index in [1.165, 1.54) is 5.57 Å². The molecular formula is C22H23F2N3O2. The van der Waals surface area contributed by atoms with Crippen molar-refractivity contribution in [3.63, 3.8) is 0 Å². The van der Waals surface area contributed by atoms with Crippen molar-refractivity contribution in [2.24, 2.45) is 0 Å². The number of pyridine rings is 1. The molecular weight excluding hydrogens is 376 g/mol. The van der Waals surface area contributed by atoms with Gasteiger partial charge in [-0.1, -0.05) is 30.3 Å². The number of benzene rings is 1. The summed E-state index contributed by atoms with van der Waals surface area (Å²) in [6.07, 6.45) is 5.39. The molecule has 1 aliphatic heterocycles. The summed E-state index contributed by atoms with van der Waals surface area (Å²) in [5.74, 6) is -0.533. The molecule has 1 amide bonds. The first-order chi connectivity index (χ1) is 14.0. The Morgan fingerprint density at radius 3 is 2.69 bits per heavy atom. The van der Waals surface area contributed by atoms with Crippen LogP contribution in [0.25, 0.3) is 5.57 Å². The van der Waals surface area contributed by atoms with Gasteiger partial charge in [0.1, 0.15) is 5.69 Å². The number of hydrogen-bond donors (Lipinski definition) is 2. The minimum Gasteiger partial charge on any atom is -0.415 e. The number of carbonyl (C=O) groups is 1. The standard InChI is InChI=1S/C22H23F2N3O2/c1-14-10-11-18(19(26-14)29-21(23)24)27-20(28)22(12-25-13-22)17-9-5-4-8-16(17)15-6-2-3-7-15/h4-6,8-11,21,25H,2-3,7,12-13H2,1H3,(H,27,28). The highest BCUT2D eigenvalue weighted by atomic mass is 19.3. The first-order valence-electron chi connectivity index (χ1n) is 9.73. The maximum absolute atomic E-state index is 13.4. The lowest BCUT2D eigenvalue weighted by Gasteiger charge is -2.42. The van der Waals surface area contributed by atoms with Gasteiger partial charge in [-0.3, -0.25) is 4.79 Å². The Bertz CT molecular complexity index is 955. The van der Waals surface area contributed by atoms with E-state index in [1.807, 2.05) is 18.2 Å². The molecule has 0 spiro atoms. The SMILES string of the molecule is Cc1ccc(NC(=O)C2(c3ccccc3C3=CCCC3)CNC2)c(OC(F)F)n1. The van der Waals surface area contributed by atoms with Gasteiger partial charge in [0.05, 0.1) is 5.41 Å². The number of carbonyl (C=O) groups excluding carboxylic acids is 1. The number of aromatic nitrogens is 1. The number of ether oxygens (including phenoxy) is 1. The fourth-order valence-electron chi connectivity index (χ4n) is 3.99. The second-order valence-electron chi connectivity index (χ2n) is 7.49. The van der Waals surface area contributed by atoms with Gasteiger partial charge in [0.25, 0.3) is 0 Å². The minimum absolute atomic E-state index is 0.143. The molecule has 0 saturated carbocycles. The van der Waals surface area contributed by atoms with E-state index >= 15 is 0 Å². The smallest absolute Gasteiger partial charge is 0.388 e. The van der Waals surface area contributed by atoms with Crippen LogP contribution in [0.3, 0.4) is 0 Å². The van der Waals surface area contributed by atoms with Gasteiger partial charge < -0.3 is 15.4 Å². The van der Waals surface area contributed by atoms with Gasteiger partial charge in [-0.05, 0) is 55.0 Å². The van der Waals surface area contributed by atoms with E-state index in [-0.39, 0.29) is 17.5 Å². The maximum Gasteiger partial charge on any atom is 0.388 e. The Morgan fingerprint density at radius 1 is 1.24 bits per heavy atom. The molecule has 1 fully saturated rings. The topological polar surface area (TPSA) is 63.2 Å². The molecule has 1 saturated heterocycles. The summed E-state index contributed by atoms with van der Waals surface area (Å²) >= 11 is 0. The Hall–Kier alpha value is -2.80. The van der Waals surface area contributed by atoms with E-state index in [4.69, 9.17) is 0 Å². The van der Waals surface area contributed by atoms with Crippen molar-refractivity contribution in [3.8, 4) is 5.88 Å². The van der Waals surface area contributed by atoms with Gasteiger partial charge in [-0.25, -0.2) is 4.98 Å². The van der Waals surface area contributed by atoms with Crippen molar-refractivity contribution in [2.75, 3.05) is 18.4 Å². The zero-order valence-corrected chi connectivity index (χ0v) is 16.2. The normalized spacial score (nSPS) is 17.6. The highest BCUT2D eigenvalue weighted by molar-refractivity contribution is 6.02. The van der Waals surface area contributed by atoms with Crippen LogP contribution in [0.2, 0.25) is 0 Å². The largest absolute Gasteiger partial charge is 0.415 e. The average molecular weight is 399 g/mol. The number of aryl methyl sites for hydroxylation is 1. The van der Waals surface area contributed by atoms with Gasteiger partial charge in [-0.15, -0.1) is 0 Å². The Kier molecular flexibility index (Phi) is 5.32. The molecule has 0 atom stereocenters. The van der Waals surface area contributed by atoms with E-state index in [0.29, 0.717) is 18.8 Å². The summed E-state index contributed by atoms with van der Waals surface area (Å²) in [6.45, 7) is -0.386. The summed E-state index contributed by atoms with van der Waals surface area (Å²) in [5, 5.41) is 5.98. The van der Waals surface area contributed by atoms with Crippen LogP contribution in [-0.2, 0) is 10.2 Å². The van der Waals surface area contributed by atoms with Crippen LogP contribution in [0.1, 0.15) is 36.1 Å². The molecule has 2 N–H and O–H groups in total. The number of allylic oxidation sites excluding steroid dienone is 2. The number of halogens is 2. The van der Waals surface area contributed by atoms with Crippen molar-refractivity contribution < 1.29 is 18.3 Å². The molecule has 4 rings (SSSR count). The molecule has 1 aromatic heterocycles. The summed E-state index contributed by atoms with van der Waals surface area (Å²) < 4.78 is 30.1. The number of hydrogen-bond acceptors (Lipinski definition) is 4. The van der Waals surface area contributed by atoms with Crippen molar-refractivity contribution in [3.05, 3.63) is 59.3 Å². The molecule has 0 radical (unpaired) electrons. The maximum atomic E-state index is 13.4. The quantitative estimate of drug-likeness (QED) is 0.770. The summed E-state index contributed by atoms with van der Waals surface area (Å²) in [6, 6.07) is 11.1. The molecule has 7 heteroatoms. The molecule has 2 heterocycles. The summed E-state index contributed by atoms with van der Waals surface area (Å²) in [4.78, 5) is 17.4. The molecule has 1 aliphatic carbocycles. The number of anilines is 1. The predicted molar refractivity (Wildman–Crippen MR) is 107 cm³/mol. The second-order valence-corrected chi connectivity index (χ2v) is 7.49. The first-order valence-corrected chi connectivity index (χ1v) is 9.73. The zero-order valence-electron chi connectivity index (χ0n) is 16.2. The van der Waals surface area contributed by atoms with Gasteiger partial charge in [0, 0.05) is 18.8 Å². The Balaban J connectivity index is 1.67. The van der Waals surface area contributed by atoms with Gasteiger partial charge in [-0.2, -0.15) is 8.78 Å². The van der Waals surface area contributed by atoms with Crippen LogP contribution in [0.4, 0.5) is 14.5 Å². The minimum atomic E-state index is -3.02. The fourth-order valence-corrected chi connectivity index (χ4v) is 3.99. The van der Waals surface area contributed by atoms with E-state index in [9.17, 15) is 13.6 Å². The van der Waals surface area contributed by atoms with E-state index in [0.717, 1.165) is 30.4 Å². The van der Waals surface area contributed by atoms with Crippen LogP contribution in [0.15, 0.2) is 42.5 Å². The third-order valence-corrected chi connectivity index (χ3v) is 5.57. The molecule has 0 bridgehead atoms. The summed E-state index contributed by atoms with van der Waals surface area (Å²) in [7, 11) is 0. The predicted octanol–water partition coefficient (Wildman–Crippen LogP) is 4.04. The molecule has 0 unspecified atom stereocenters. The lowest BCUT2D eigenvalue weighted by molar-refractivity contribution is -0.123. The summed E-state index contributed by atoms with van der Waals surface area (Å²) in [5.41, 5.74) is 3.21. The van der Waals surface area contributed by atoms with E-state index < -0.39 is 12.0 Å². The highest BCUT2D eigenvalue weighted by Crippen LogP contribution is 2.39. The number of nitrogens with zero attached hydrogens (tertiary/aromatic N) is 1. The van der Waals surface area contributed by atoms with Crippen LogP contribution in [0.5, 0.6) is 5.88 Å². The lowest BCUT2D eigenvalue weighted by atomic mass is 9.71. The molecule has 29 heavy (non-hydrogen) atoms. The van der Waals surface area contributed by atoms with Crippen molar-refractivity contribution in [1.29, 1.82) is 0 Å². The third kappa shape index (κ3) is 3.74. The first kappa shape index (κ1) is 19.5. The third-order valence-electron chi connectivity index (χ3n) is 5.57. The Morgan fingerprint density at radius 2 is 2.03 bits per heavy atom. The Labute approximate surface area is 168 Å². The zero-order chi connectivity index (χ0) is 20.4. The molecule has 2 aliphatic rings. The second kappa shape index (κ2) is 7.91. The lowest BCUT2D eigenvalue weighted by Crippen LogP contribution is -2.63. The van der Waals surface area contributed by atoms with Crippen LogP contribution in [-0.4, -0.2) is 30.6 Å². The number of rotatable bonds is 6. The number of amides is 1. The van der Waals surface area contributed by atoms with Crippen LogP contribution in [0, 0.1) is 6.92 Å². The van der Waals surface area contributed by atoms with Crippen LogP contribution >= 0.6 is 0 Å². The molecule has 152 valence electrons. The van der Waals surface area contributed by atoms with Crippen LogP contribution < -0.4 is 15.4 Å². The van der Waals surface area contributed by atoms with Gasteiger partial charge >= 0.3 is 6.61 Å². The van der Waals surface area contributed by atoms with Gasteiger partial charge in [0.2, 0.25) is 11.8 Å². The van der Waals surface area contributed by atoms with Crippen molar-refractivity contribution in [2.45, 2.75) is 38.2 Å².